The molecule has 1 aromatic carbocycles. The molecular formula is C13H20N2S. The van der Waals surface area contributed by atoms with Crippen LogP contribution in [0.25, 0.3) is 0 Å². The topological polar surface area (TPSA) is 15.3 Å². The summed E-state index contributed by atoms with van der Waals surface area (Å²) in [5.41, 5.74) is 1.32. The maximum Gasteiger partial charge on any atom is 0.0364 e. The molecule has 88 valence electrons. The van der Waals surface area contributed by atoms with E-state index in [9.17, 15) is 0 Å². The van der Waals surface area contributed by atoms with Gasteiger partial charge in [0.1, 0.15) is 0 Å². The summed E-state index contributed by atoms with van der Waals surface area (Å²) in [4.78, 5) is 3.70. The largest absolute Gasteiger partial charge is 0.374 e. The Hall–Kier alpha value is -0.670. The molecule has 3 heteroatoms. The Bertz CT molecular complexity index is 317. The Balaban J connectivity index is 1.94. The summed E-state index contributed by atoms with van der Waals surface area (Å²) >= 11 is 1.79. The fourth-order valence-corrected chi connectivity index (χ4v) is 2.61. The molecule has 0 saturated carbocycles. The van der Waals surface area contributed by atoms with Gasteiger partial charge >= 0.3 is 0 Å². The van der Waals surface area contributed by atoms with E-state index < -0.39 is 0 Å². The molecule has 1 aliphatic heterocycles. The van der Waals surface area contributed by atoms with E-state index in [1.807, 2.05) is 0 Å². The van der Waals surface area contributed by atoms with Crippen molar-refractivity contribution in [1.29, 1.82) is 0 Å². The smallest absolute Gasteiger partial charge is 0.0364 e. The number of nitrogens with one attached hydrogen (secondary N) is 1. The monoisotopic (exact) mass is 236 g/mol. The minimum atomic E-state index is 0.810. The van der Waals surface area contributed by atoms with Crippen molar-refractivity contribution < 1.29 is 0 Å². The van der Waals surface area contributed by atoms with E-state index >= 15 is 0 Å². The van der Waals surface area contributed by atoms with E-state index in [1.165, 1.54) is 30.1 Å². The highest BCUT2D eigenvalue weighted by molar-refractivity contribution is 7.98. The second-order valence-electron chi connectivity index (χ2n) is 4.44. The number of hydrogen-bond acceptors (Lipinski definition) is 3. The van der Waals surface area contributed by atoms with Gasteiger partial charge in [-0.05, 0) is 55.9 Å². The van der Waals surface area contributed by atoms with Gasteiger partial charge in [0.05, 0.1) is 0 Å². The van der Waals surface area contributed by atoms with Gasteiger partial charge in [0, 0.05) is 24.2 Å². The Morgan fingerprint density at radius 2 is 2.12 bits per heavy atom. The molecule has 2 rings (SSSR count). The van der Waals surface area contributed by atoms with Crippen LogP contribution in [0.15, 0.2) is 29.2 Å². The molecule has 0 amide bonds. The van der Waals surface area contributed by atoms with Crippen molar-refractivity contribution in [3.05, 3.63) is 24.3 Å². The van der Waals surface area contributed by atoms with Gasteiger partial charge in [0.2, 0.25) is 0 Å². The summed E-state index contributed by atoms with van der Waals surface area (Å²) in [6.45, 7) is 3.52. The van der Waals surface area contributed by atoms with Crippen LogP contribution in [0.2, 0.25) is 0 Å². The van der Waals surface area contributed by atoms with Crippen LogP contribution in [-0.4, -0.2) is 32.9 Å². The van der Waals surface area contributed by atoms with Crippen LogP contribution in [0.1, 0.15) is 6.42 Å². The minimum absolute atomic E-state index is 0.810. The number of benzene rings is 1. The molecule has 2 nitrogen and oxygen atoms in total. The second-order valence-corrected chi connectivity index (χ2v) is 5.32. The van der Waals surface area contributed by atoms with Crippen molar-refractivity contribution >= 4 is 17.4 Å². The van der Waals surface area contributed by atoms with Crippen LogP contribution in [0.5, 0.6) is 0 Å². The van der Waals surface area contributed by atoms with E-state index in [4.69, 9.17) is 0 Å². The lowest BCUT2D eigenvalue weighted by Gasteiger charge is -2.22. The lowest BCUT2D eigenvalue weighted by molar-refractivity contribution is 0.578. The van der Waals surface area contributed by atoms with Gasteiger partial charge in [-0.25, -0.2) is 0 Å². The van der Waals surface area contributed by atoms with Crippen LogP contribution >= 0.6 is 11.8 Å². The molecule has 1 fully saturated rings. The summed E-state index contributed by atoms with van der Waals surface area (Å²) in [5, 5.41) is 3.42. The highest BCUT2D eigenvalue weighted by Crippen LogP contribution is 2.21. The number of hydrogen-bond donors (Lipinski definition) is 1. The van der Waals surface area contributed by atoms with E-state index in [2.05, 4.69) is 47.8 Å². The zero-order chi connectivity index (χ0) is 11.4. The van der Waals surface area contributed by atoms with Crippen LogP contribution < -0.4 is 10.2 Å². The Labute approximate surface area is 102 Å². The van der Waals surface area contributed by atoms with Gasteiger partial charge in [-0.1, -0.05) is 0 Å². The second kappa shape index (κ2) is 5.60. The fraction of sp³-hybridized carbons (Fsp3) is 0.538. The summed E-state index contributed by atoms with van der Waals surface area (Å²) in [7, 11) is 2.19. The van der Waals surface area contributed by atoms with Crippen molar-refractivity contribution in [1.82, 2.24) is 5.32 Å². The van der Waals surface area contributed by atoms with E-state index in [-0.39, 0.29) is 0 Å². The van der Waals surface area contributed by atoms with Crippen molar-refractivity contribution in [2.45, 2.75) is 11.3 Å². The first-order chi connectivity index (χ1) is 7.79. The van der Waals surface area contributed by atoms with Crippen LogP contribution in [-0.2, 0) is 0 Å². The van der Waals surface area contributed by atoms with Crippen LogP contribution in [0.3, 0.4) is 0 Å². The zero-order valence-corrected chi connectivity index (χ0v) is 10.9. The minimum Gasteiger partial charge on any atom is -0.374 e. The van der Waals surface area contributed by atoms with Crippen LogP contribution in [0, 0.1) is 5.92 Å². The maximum atomic E-state index is 3.42. The van der Waals surface area contributed by atoms with Crippen molar-refractivity contribution in [3.63, 3.8) is 0 Å². The summed E-state index contributed by atoms with van der Waals surface area (Å²) in [6, 6.07) is 8.83. The first-order valence-corrected chi connectivity index (χ1v) is 7.08. The number of nitrogens with zero attached hydrogens (tertiary/aromatic N) is 1. The fourth-order valence-electron chi connectivity index (χ4n) is 2.20. The maximum absolute atomic E-state index is 3.42. The predicted molar refractivity (Wildman–Crippen MR) is 72.5 cm³/mol. The summed E-state index contributed by atoms with van der Waals surface area (Å²) in [6.07, 6.45) is 3.43. The Morgan fingerprint density at radius 3 is 2.69 bits per heavy atom. The molecule has 0 aliphatic carbocycles. The van der Waals surface area contributed by atoms with Crippen molar-refractivity contribution in [2.75, 3.05) is 37.8 Å². The van der Waals surface area contributed by atoms with Gasteiger partial charge in [0.15, 0.2) is 0 Å². The van der Waals surface area contributed by atoms with E-state index in [0.29, 0.717) is 0 Å². The SMILES string of the molecule is CSc1ccc(N(C)CC2CCNC2)cc1. The molecule has 1 aliphatic rings. The van der Waals surface area contributed by atoms with Crippen molar-refractivity contribution in [2.24, 2.45) is 5.92 Å². The summed E-state index contributed by atoms with van der Waals surface area (Å²) in [5.74, 6) is 0.810. The zero-order valence-electron chi connectivity index (χ0n) is 10.1. The standard InChI is InChI=1S/C13H20N2S/c1-15(10-11-7-8-14-9-11)12-3-5-13(16-2)6-4-12/h3-6,11,14H,7-10H2,1-2H3. The first-order valence-electron chi connectivity index (χ1n) is 5.85. The lowest BCUT2D eigenvalue weighted by Crippen LogP contribution is -2.26. The molecule has 16 heavy (non-hydrogen) atoms. The van der Waals surface area contributed by atoms with Crippen molar-refractivity contribution in [3.8, 4) is 0 Å². The molecule has 1 unspecified atom stereocenters. The molecular weight excluding hydrogens is 216 g/mol. The third kappa shape index (κ3) is 2.92. The molecule has 1 N–H and O–H groups in total. The highest BCUT2D eigenvalue weighted by Gasteiger charge is 2.16. The first kappa shape index (κ1) is 11.8. The van der Waals surface area contributed by atoms with Gasteiger partial charge in [-0.3, -0.25) is 0 Å². The Morgan fingerprint density at radius 1 is 1.38 bits per heavy atom. The third-order valence-electron chi connectivity index (χ3n) is 3.21. The highest BCUT2D eigenvalue weighted by atomic mass is 32.2. The predicted octanol–water partition coefficient (Wildman–Crippen LogP) is 2.45. The van der Waals surface area contributed by atoms with Gasteiger partial charge < -0.3 is 10.2 Å². The molecule has 0 spiro atoms. The average molecular weight is 236 g/mol. The average Bonchev–Trinajstić information content (AvgIpc) is 2.82. The normalized spacial score (nSPS) is 20.0. The quantitative estimate of drug-likeness (QED) is 0.809. The third-order valence-corrected chi connectivity index (χ3v) is 3.95. The molecule has 0 bridgehead atoms. The van der Waals surface area contributed by atoms with Gasteiger partial charge in [-0.15, -0.1) is 11.8 Å². The number of anilines is 1. The number of rotatable bonds is 4. The van der Waals surface area contributed by atoms with Crippen LogP contribution in [0.4, 0.5) is 5.69 Å². The van der Waals surface area contributed by atoms with Gasteiger partial charge in [-0.2, -0.15) is 0 Å². The van der Waals surface area contributed by atoms with E-state index in [1.54, 1.807) is 11.8 Å². The van der Waals surface area contributed by atoms with E-state index in [0.717, 1.165) is 12.5 Å². The molecule has 0 radical (unpaired) electrons. The molecule has 1 saturated heterocycles. The molecule has 1 atom stereocenters. The molecule has 1 aromatic rings. The van der Waals surface area contributed by atoms with Gasteiger partial charge in [0.25, 0.3) is 0 Å². The molecule has 1 heterocycles. The summed E-state index contributed by atoms with van der Waals surface area (Å²) < 4.78 is 0. The lowest BCUT2D eigenvalue weighted by atomic mass is 10.1. The Kier molecular flexibility index (Phi) is 4.13. The molecule has 0 aromatic heterocycles. The number of thioether (sulfide) groups is 1.